The zero-order valence-corrected chi connectivity index (χ0v) is 9.26. The van der Waals surface area contributed by atoms with Gasteiger partial charge in [-0.25, -0.2) is 0 Å². The van der Waals surface area contributed by atoms with E-state index in [2.05, 4.69) is 47.7 Å². The number of hydrogen-bond acceptors (Lipinski definition) is 1. The van der Waals surface area contributed by atoms with Gasteiger partial charge in [-0.3, -0.25) is 0 Å². The Labute approximate surface area is 86.5 Å². The Bertz CT molecular complexity index is 316. The highest BCUT2D eigenvalue weighted by molar-refractivity contribution is 14.1. The Morgan fingerprint density at radius 3 is 2.58 bits per heavy atom. The molecule has 0 aromatic heterocycles. The fourth-order valence-electron chi connectivity index (χ4n) is 1.38. The molecule has 0 unspecified atom stereocenters. The fraction of sp³-hybridized carbons (Fsp3) is 0.400. The van der Waals surface area contributed by atoms with E-state index in [0.717, 1.165) is 12.8 Å². The van der Waals surface area contributed by atoms with Crippen LogP contribution in [0, 0.1) is 10.5 Å². The van der Waals surface area contributed by atoms with E-state index in [9.17, 15) is 0 Å². The molecule has 0 heterocycles. The molecule has 1 nitrogen and oxygen atoms in total. The van der Waals surface area contributed by atoms with Crippen LogP contribution in [0.2, 0.25) is 0 Å². The van der Waals surface area contributed by atoms with Crippen molar-refractivity contribution in [2.75, 3.05) is 0 Å². The second-order valence-corrected chi connectivity index (χ2v) is 4.78. The third-order valence-electron chi connectivity index (χ3n) is 2.52. The predicted octanol–water partition coefficient (Wildman–Crippen LogP) is 2.55. The third kappa shape index (κ3) is 1.38. The minimum absolute atomic E-state index is 0.0229. The van der Waals surface area contributed by atoms with Gasteiger partial charge < -0.3 is 5.73 Å². The van der Waals surface area contributed by atoms with Gasteiger partial charge in [0.1, 0.15) is 0 Å². The van der Waals surface area contributed by atoms with Gasteiger partial charge in [-0.1, -0.05) is 12.1 Å². The second kappa shape index (κ2) is 2.70. The lowest BCUT2D eigenvalue weighted by molar-refractivity contribution is 0.739. The fourth-order valence-corrected chi connectivity index (χ4v) is 1.71. The first-order valence-electron chi connectivity index (χ1n) is 4.17. The maximum atomic E-state index is 6.08. The lowest BCUT2D eigenvalue weighted by atomic mass is 10.0. The summed E-state index contributed by atoms with van der Waals surface area (Å²) in [5.74, 6) is 0. The average molecular weight is 273 g/mol. The van der Waals surface area contributed by atoms with Gasteiger partial charge in [0.05, 0.1) is 0 Å². The van der Waals surface area contributed by atoms with E-state index in [-0.39, 0.29) is 5.54 Å². The molecule has 0 atom stereocenters. The third-order valence-corrected chi connectivity index (χ3v) is 3.73. The molecule has 1 aliphatic carbocycles. The van der Waals surface area contributed by atoms with Crippen LogP contribution in [0.25, 0.3) is 0 Å². The molecule has 1 saturated carbocycles. The largest absolute Gasteiger partial charge is 0.321 e. The molecule has 0 amide bonds. The van der Waals surface area contributed by atoms with Gasteiger partial charge in [0.15, 0.2) is 0 Å². The van der Waals surface area contributed by atoms with Gasteiger partial charge in [-0.15, -0.1) is 0 Å². The van der Waals surface area contributed by atoms with Crippen LogP contribution in [0.3, 0.4) is 0 Å². The number of halogens is 1. The van der Waals surface area contributed by atoms with E-state index in [1.54, 1.807) is 0 Å². The van der Waals surface area contributed by atoms with Crippen molar-refractivity contribution in [2.45, 2.75) is 25.3 Å². The molecular weight excluding hydrogens is 261 g/mol. The van der Waals surface area contributed by atoms with Crippen LogP contribution in [0.15, 0.2) is 18.2 Å². The molecule has 0 saturated heterocycles. The first kappa shape index (κ1) is 8.51. The van der Waals surface area contributed by atoms with E-state index < -0.39 is 0 Å². The van der Waals surface area contributed by atoms with Gasteiger partial charge in [-0.2, -0.15) is 0 Å². The first-order valence-corrected chi connectivity index (χ1v) is 5.25. The van der Waals surface area contributed by atoms with E-state index >= 15 is 0 Å². The van der Waals surface area contributed by atoms with Crippen LogP contribution in [0.5, 0.6) is 0 Å². The highest BCUT2D eigenvalue weighted by atomic mass is 127. The summed E-state index contributed by atoms with van der Waals surface area (Å²) in [6.07, 6.45) is 2.29. The van der Waals surface area contributed by atoms with Crippen molar-refractivity contribution in [3.63, 3.8) is 0 Å². The second-order valence-electron chi connectivity index (χ2n) is 3.62. The van der Waals surface area contributed by atoms with Crippen molar-refractivity contribution in [1.29, 1.82) is 0 Å². The summed E-state index contributed by atoms with van der Waals surface area (Å²) < 4.78 is 1.32. The Morgan fingerprint density at radius 1 is 1.42 bits per heavy atom. The van der Waals surface area contributed by atoms with Gasteiger partial charge in [0.25, 0.3) is 0 Å². The number of nitrogens with two attached hydrogens (primary N) is 1. The zero-order chi connectivity index (χ0) is 8.77. The maximum Gasteiger partial charge on any atom is 0.0411 e. The van der Waals surface area contributed by atoms with Crippen LogP contribution < -0.4 is 5.73 Å². The van der Waals surface area contributed by atoms with E-state index in [1.807, 2.05) is 0 Å². The first-order chi connectivity index (χ1) is 5.62. The normalized spacial score (nSPS) is 19.2. The van der Waals surface area contributed by atoms with E-state index in [4.69, 9.17) is 5.73 Å². The van der Waals surface area contributed by atoms with Crippen molar-refractivity contribution < 1.29 is 0 Å². The Balaban J connectivity index is 2.41. The molecule has 2 N–H and O–H groups in total. The number of hydrogen-bond donors (Lipinski definition) is 1. The maximum absolute atomic E-state index is 6.08. The molecule has 2 rings (SSSR count). The van der Waals surface area contributed by atoms with Crippen molar-refractivity contribution in [1.82, 2.24) is 0 Å². The highest BCUT2D eigenvalue weighted by Gasteiger charge is 2.39. The van der Waals surface area contributed by atoms with Crippen molar-refractivity contribution >= 4 is 22.6 Å². The molecule has 1 fully saturated rings. The minimum Gasteiger partial charge on any atom is -0.321 e. The van der Waals surface area contributed by atoms with Gasteiger partial charge in [0.2, 0.25) is 0 Å². The Hall–Kier alpha value is -0.0900. The van der Waals surface area contributed by atoms with Crippen molar-refractivity contribution in [3.05, 3.63) is 32.9 Å². The molecule has 64 valence electrons. The molecule has 2 heteroatoms. The predicted molar refractivity (Wildman–Crippen MR) is 59.0 cm³/mol. The molecule has 0 bridgehead atoms. The van der Waals surface area contributed by atoms with Gasteiger partial charge in [0, 0.05) is 9.11 Å². The van der Waals surface area contributed by atoms with Gasteiger partial charge in [-0.05, 0) is 59.5 Å². The van der Waals surface area contributed by atoms with E-state index in [0.29, 0.717) is 0 Å². The van der Waals surface area contributed by atoms with Crippen LogP contribution >= 0.6 is 22.6 Å². The van der Waals surface area contributed by atoms with Crippen LogP contribution in [0.4, 0.5) is 0 Å². The summed E-state index contributed by atoms with van der Waals surface area (Å²) in [7, 11) is 0. The summed E-state index contributed by atoms with van der Waals surface area (Å²) in [6, 6.07) is 6.52. The summed E-state index contributed by atoms with van der Waals surface area (Å²) in [5.41, 5.74) is 8.75. The Morgan fingerprint density at radius 2 is 2.08 bits per heavy atom. The lowest BCUT2D eigenvalue weighted by Gasteiger charge is -2.10. The molecular formula is C10H12IN. The molecule has 1 aromatic carbocycles. The molecule has 0 radical (unpaired) electrons. The SMILES string of the molecule is Cc1cc(C2(N)CC2)ccc1I. The molecule has 1 aromatic rings. The topological polar surface area (TPSA) is 26.0 Å². The smallest absolute Gasteiger partial charge is 0.0411 e. The average Bonchev–Trinajstić information content (AvgIpc) is 2.75. The van der Waals surface area contributed by atoms with Crippen LogP contribution in [-0.2, 0) is 5.54 Å². The number of benzene rings is 1. The number of rotatable bonds is 1. The monoisotopic (exact) mass is 273 g/mol. The van der Waals surface area contributed by atoms with Crippen molar-refractivity contribution in [2.24, 2.45) is 5.73 Å². The standard InChI is InChI=1S/C10H12IN/c1-7-6-8(2-3-9(7)11)10(12)4-5-10/h2-3,6H,4-5,12H2,1H3. The van der Waals surface area contributed by atoms with Crippen LogP contribution in [0.1, 0.15) is 24.0 Å². The van der Waals surface area contributed by atoms with Crippen molar-refractivity contribution in [3.8, 4) is 0 Å². The highest BCUT2D eigenvalue weighted by Crippen LogP contribution is 2.42. The number of aryl methyl sites for hydroxylation is 1. The molecule has 12 heavy (non-hydrogen) atoms. The summed E-state index contributed by atoms with van der Waals surface area (Å²) in [6.45, 7) is 2.14. The summed E-state index contributed by atoms with van der Waals surface area (Å²) in [4.78, 5) is 0. The molecule has 1 aliphatic rings. The summed E-state index contributed by atoms with van der Waals surface area (Å²) >= 11 is 2.35. The van der Waals surface area contributed by atoms with Crippen LogP contribution in [-0.4, -0.2) is 0 Å². The lowest BCUT2D eigenvalue weighted by Crippen LogP contribution is -2.18. The van der Waals surface area contributed by atoms with E-state index in [1.165, 1.54) is 14.7 Å². The minimum atomic E-state index is 0.0229. The summed E-state index contributed by atoms with van der Waals surface area (Å²) in [5, 5.41) is 0. The molecule has 0 aliphatic heterocycles. The quantitative estimate of drug-likeness (QED) is 0.782. The van der Waals surface area contributed by atoms with Gasteiger partial charge >= 0.3 is 0 Å². The molecule has 0 spiro atoms. The Kier molecular flexibility index (Phi) is 1.92. The zero-order valence-electron chi connectivity index (χ0n) is 7.10.